The van der Waals surface area contributed by atoms with E-state index >= 15 is 0 Å². The van der Waals surface area contributed by atoms with Crippen molar-refractivity contribution in [2.45, 2.75) is 12.6 Å². The molecule has 1 unspecified atom stereocenters. The number of hydrogen-bond acceptors (Lipinski definition) is 2. The molecule has 1 atom stereocenters. The summed E-state index contributed by atoms with van der Waals surface area (Å²) in [7, 11) is 1.33. The van der Waals surface area contributed by atoms with Gasteiger partial charge in [0, 0.05) is 18.8 Å². The number of alkyl halides is 3. The standard InChI is InChI=1S/C19H13ClF5N3O/c1-28-8-11(17(27-28)15(23)18(24)25)19(29)26-16-10(3-2-4-14(16)22)9-5-6-13(21)12(20)7-9/h2-8,15,18H,1H3,(H,26,29). The molecule has 29 heavy (non-hydrogen) atoms. The minimum Gasteiger partial charge on any atom is -0.319 e. The Balaban J connectivity index is 2.01. The molecule has 0 saturated carbocycles. The number of aryl methyl sites for hydroxylation is 1. The van der Waals surface area contributed by atoms with Crippen molar-refractivity contribution in [3.63, 3.8) is 0 Å². The van der Waals surface area contributed by atoms with Crippen LogP contribution in [0, 0.1) is 11.6 Å². The van der Waals surface area contributed by atoms with Gasteiger partial charge >= 0.3 is 0 Å². The van der Waals surface area contributed by atoms with Crippen molar-refractivity contribution >= 4 is 23.2 Å². The third-order valence-corrected chi connectivity index (χ3v) is 4.36. The molecule has 0 radical (unpaired) electrons. The van der Waals surface area contributed by atoms with Crippen molar-refractivity contribution in [2.75, 3.05) is 5.32 Å². The van der Waals surface area contributed by atoms with Gasteiger partial charge in [-0.2, -0.15) is 5.10 Å². The number of rotatable bonds is 5. The molecule has 0 spiro atoms. The van der Waals surface area contributed by atoms with Gasteiger partial charge < -0.3 is 5.32 Å². The van der Waals surface area contributed by atoms with Gasteiger partial charge in [-0.1, -0.05) is 29.8 Å². The number of nitrogens with one attached hydrogen (secondary N) is 1. The maximum absolute atomic E-state index is 14.4. The zero-order valence-corrected chi connectivity index (χ0v) is 15.5. The summed E-state index contributed by atoms with van der Waals surface area (Å²) in [4.78, 5) is 12.6. The first kappa shape index (κ1) is 20.8. The van der Waals surface area contributed by atoms with Crippen LogP contribution < -0.4 is 5.32 Å². The monoisotopic (exact) mass is 429 g/mol. The minimum atomic E-state index is -3.39. The molecule has 10 heteroatoms. The van der Waals surface area contributed by atoms with Crippen LogP contribution in [-0.4, -0.2) is 22.1 Å². The molecule has 1 aromatic heterocycles. The van der Waals surface area contributed by atoms with E-state index in [9.17, 15) is 26.7 Å². The zero-order valence-electron chi connectivity index (χ0n) is 14.8. The van der Waals surface area contributed by atoms with Gasteiger partial charge in [-0.3, -0.25) is 9.48 Å². The van der Waals surface area contributed by atoms with Crippen molar-refractivity contribution in [3.05, 3.63) is 70.5 Å². The predicted molar refractivity (Wildman–Crippen MR) is 97.8 cm³/mol. The summed E-state index contributed by atoms with van der Waals surface area (Å²) in [6.07, 6.45) is -5.12. The normalized spacial score (nSPS) is 12.3. The van der Waals surface area contributed by atoms with E-state index < -0.39 is 41.4 Å². The van der Waals surface area contributed by atoms with Crippen molar-refractivity contribution in [3.8, 4) is 11.1 Å². The molecule has 3 rings (SSSR count). The average Bonchev–Trinajstić information content (AvgIpc) is 3.06. The van der Waals surface area contributed by atoms with Gasteiger partial charge in [0.05, 0.1) is 16.3 Å². The second kappa shape index (κ2) is 8.20. The van der Waals surface area contributed by atoms with Gasteiger partial charge in [-0.05, 0) is 23.8 Å². The highest BCUT2D eigenvalue weighted by Gasteiger charge is 2.30. The molecule has 2 aromatic carbocycles. The smallest absolute Gasteiger partial charge is 0.275 e. The number of benzene rings is 2. The molecule has 0 aliphatic heterocycles. The van der Waals surface area contributed by atoms with Gasteiger partial charge in [-0.15, -0.1) is 0 Å². The Morgan fingerprint density at radius 3 is 2.52 bits per heavy atom. The van der Waals surface area contributed by atoms with Crippen molar-refractivity contribution in [1.29, 1.82) is 0 Å². The summed E-state index contributed by atoms with van der Waals surface area (Å²) in [6, 6.07) is 7.51. The van der Waals surface area contributed by atoms with E-state index in [4.69, 9.17) is 11.6 Å². The number of halogens is 6. The van der Waals surface area contributed by atoms with Crippen LogP contribution in [0.3, 0.4) is 0 Å². The molecule has 0 aliphatic carbocycles. The molecule has 152 valence electrons. The van der Waals surface area contributed by atoms with Crippen LogP contribution in [0.25, 0.3) is 11.1 Å². The Morgan fingerprint density at radius 2 is 1.86 bits per heavy atom. The maximum Gasteiger partial charge on any atom is 0.275 e. The number of aromatic nitrogens is 2. The number of anilines is 1. The second-order valence-electron chi connectivity index (χ2n) is 6.08. The summed E-state index contributed by atoms with van der Waals surface area (Å²) in [6.45, 7) is 0. The fourth-order valence-corrected chi connectivity index (χ4v) is 2.92. The first-order valence-corrected chi connectivity index (χ1v) is 8.58. The predicted octanol–water partition coefficient (Wildman–Crippen LogP) is 5.55. The van der Waals surface area contributed by atoms with Crippen molar-refractivity contribution in [2.24, 2.45) is 7.05 Å². The minimum absolute atomic E-state index is 0.163. The van der Waals surface area contributed by atoms with Crippen molar-refractivity contribution in [1.82, 2.24) is 9.78 Å². The lowest BCUT2D eigenvalue weighted by Gasteiger charge is -2.13. The van der Waals surface area contributed by atoms with E-state index in [0.29, 0.717) is 5.56 Å². The first-order chi connectivity index (χ1) is 13.7. The Kier molecular flexibility index (Phi) is 5.88. The Labute approximate surface area is 166 Å². The van der Waals surface area contributed by atoms with E-state index in [2.05, 4.69) is 10.4 Å². The molecule has 0 saturated heterocycles. The Bertz CT molecular complexity index is 1070. The number of carbonyl (C=O) groups excluding carboxylic acids is 1. The lowest BCUT2D eigenvalue weighted by molar-refractivity contribution is 0.0465. The lowest BCUT2D eigenvalue weighted by Crippen LogP contribution is -2.17. The van der Waals surface area contributed by atoms with E-state index in [0.717, 1.165) is 23.0 Å². The van der Waals surface area contributed by atoms with Crippen LogP contribution in [-0.2, 0) is 7.05 Å². The van der Waals surface area contributed by atoms with E-state index in [1.165, 1.54) is 31.3 Å². The van der Waals surface area contributed by atoms with Crippen LogP contribution >= 0.6 is 11.6 Å². The molecular weight excluding hydrogens is 417 g/mol. The average molecular weight is 430 g/mol. The highest BCUT2D eigenvalue weighted by atomic mass is 35.5. The van der Waals surface area contributed by atoms with Crippen molar-refractivity contribution < 1.29 is 26.7 Å². The van der Waals surface area contributed by atoms with Gasteiger partial charge in [0.1, 0.15) is 17.3 Å². The highest BCUT2D eigenvalue weighted by molar-refractivity contribution is 6.31. The summed E-state index contributed by atoms with van der Waals surface area (Å²) in [5.41, 5.74) is -1.07. The summed E-state index contributed by atoms with van der Waals surface area (Å²) in [5.74, 6) is -2.55. The number of nitrogens with zero attached hydrogens (tertiary/aromatic N) is 2. The third-order valence-electron chi connectivity index (χ3n) is 4.07. The van der Waals surface area contributed by atoms with Gasteiger partial charge in [0.2, 0.25) is 6.17 Å². The summed E-state index contributed by atoms with van der Waals surface area (Å²) >= 11 is 5.77. The largest absolute Gasteiger partial charge is 0.319 e. The maximum atomic E-state index is 14.4. The topological polar surface area (TPSA) is 46.9 Å². The first-order valence-electron chi connectivity index (χ1n) is 8.20. The van der Waals surface area contributed by atoms with E-state index in [1.807, 2.05) is 0 Å². The highest BCUT2D eigenvalue weighted by Crippen LogP contribution is 2.34. The molecule has 4 nitrogen and oxygen atoms in total. The molecule has 1 heterocycles. The summed E-state index contributed by atoms with van der Waals surface area (Å²) < 4.78 is 68.2. The van der Waals surface area contributed by atoms with Crippen LogP contribution in [0.15, 0.2) is 42.6 Å². The molecular formula is C19H13ClF5N3O. The fraction of sp³-hybridized carbons (Fsp3) is 0.158. The van der Waals surface area contributed by atoms with Crippen LogP contribution in [0.1, 0.15) is 22.2 Å². The van der Waals surface area contributed by atoms with Crippen LogP contribution in [0.4, 0.5) is 27.6 Å². The Morgan fingerprint density at radius 1 is 1.14 bits per heavy atom. The zero-order chi connectivity index (χ0) is 21.3. The van der Waals surface area contributed by atoms with Crippen LogP contribution in [0.2, 0.25) is 5.02 Å². The molecule has 0 bridgehead atoms. The van der Waals surface area contributed by atoms with Gasteiger partial charge in [0.15, 0.2) is 0 Å². The molecule has 0 aliphatic rings. The third kappa shape index (κ3) is 4.24. The molecule has 1 amide bonds. The number of carbonyl (C=O) groups is 1. The van der Waals surface area contributed by atoms with E-state index in [1.54, 1.807) is 0 Å². The molecule has 3 aromatic rings. The van der Waals surface area contributed by atoms with E-state index in [-0.39, 0.29) is 16.3 Å². The molecule has 1 N–H and O–H groups in total. The van der Waals surface area contributed by atoms with Gasteiger partial charge in [-0.25, -0.2) is 22.0 Å². The SMILES string of the molecule is Cn1cc(C(=O)Nc2c(F)cccc2-c2ccc(F)c(Cl)c2)c(C(F)C(F)F)n1. The quantitative estimate of drug-likeness (QED) is 0.541. The van der Waals surface area contributed by atoms with Crippen LogP contribution in [0.5, 0.6) is 0 Å². The number of para-hydroxylation sites is 1. The Hall–Kier alpha value is -2.94. The molecule has 0 fully saturated rings. The fourth-order valence-electron chi connectivity index (χ4n) is 2.74. The lowest BCUT2D eigenvalue weighted by atomic mass is 10.0. The number of amides is 1. The second-order valence-corrected chi connectivity index (χ2v) is 6.49. The number of hydrogen-bond donors (Lipinski definition) is 1. The summed E-state index contributed by atoms with van der Waals surface area (Å²) in [5, 5.41) is 5.61. The van der Waals surface area contributed by atoms with Gasteiger partial charge in [0.25, 0.3) is 12.3 Å².